The zero-order valence-corrected chi connectivity index (χ0v) is 9.10. The van der Waals surface area contributed by atoms with Gasteiger partial charge in [0, 0.05) is 6.54 Å². The lowest BCUT2D eigenvalue weighted by atomic mass is 9.80. The minimum absolute atomic E-state index is 0.0925. The van der Waals surface area contributed by atoms with Gasteiger partial charge in [0.15, 0.2) is 0 Å². The fourth-order valence-corrected chi connectivity index (χ4v) is 1.55. The van der Waals surface area contributed by atoms with Crippen molar-refractivity contribution in [2.45, 2.75) is 24.9 Å². The summed E-state index contributed by atoms with van der Waals surface area (Å²) in [5.41, 5.74) is 4.85. The zero-order chi connectivity index (χ0) is 11.6. The topological polar surface area (TPSA) is 106 Å². The van der Waals surface area contributed by atoms with Crippen LogP contribution >= 0.6 is 0 Å². The van der Waals surface area contributed by atoms with E-state index in [1.165, 1.54) is 7.11 Å². The predicted molar refractivity (Wildman–Crippen MR) is 58.1 cm³/mol. The van der Waals surface area contributed by atoms with Crippen molar-refractivity contribution in [3.63, 3.8) is 0 Å². The number of methoxy groups -OCH3 is 1. The van der Waals surface area contributed by atoms with Crippen LogP contribution < -0.4 is 15.8 Å². The minimum Gasteiger partial charge on any atom is -0.467 e. The van der Waals surface area contributed by atoms with E-state index in [1.54, 1.807) is 0 Å². The van der Waals surface area contributed by atoms with E-state index in [-0.39, 0.29) is 12.0 Å². The highest BCUT2D eigenvalue weighted by Gasteiger charge is 2.34. The van der Waals surface area contributed by atoms with E-state index in [0.29, 0.717) is 12.5 Å². The summed E-state index contributed by atoms with van der Waals surface area (Å²) >= 11 is 0. The summed E-state index contributed by atoms with van der Waals surface area (Å²) in [5.74, 6) is 0.416. The summed E-state index contributed by atoms with van der Waals surface area (Å²) in [7, 11) is 1.46. The predicted octanol–water partition coefficient (Wildman–Crippen LogP) is -0.211. The Kier molecular flexibility index (Phi) is 2.78. The van der Waals surface area contributed by atoms with Crippen LogP contribution in [0.5, 0.6) is 6.01 Å². The van der Waals surface area contributed by atoms with Crippen LogP contribution in [0.3, 0.4) is 0 Å². The molecule has 1 fully saturated rings. The van der Waals surface area contributed by atoms with E-state index in [2.05, 4.69) is 20.3 Å². The average molecular weight is 225 g/mol. The van der Waals surface area contributed by atoms with Crippen molar-refractivity contribution >= 4 is 11.9 Å². The van der Waals surface area contributed by atoms with E-state index < -0.39 is 5.60 Å². The van der Waals surface area contributed by atoms with E-state index in [1.807, 2.05) is 0 Å². The standard InChI is InChI=1S/C9H15N5O2/c1-16-8-13-6(10)12-7(14-8)11-5-9(15)3-2-4-9/h15H,2-5H2,1H3,(H3,10,11,12,13,14). The molecule has 0 aliphatic heterocycles. The van der Waals surface area contributed by atoms with Gasteiger partial charge < -0.3 is 20.9 Å². The van der Waals surface area contributed by atoms with Gasteiger partial charge in [-0.15, -0.1) is 0 Å². The Morgan fingerprint density at radius 3 is 2.75 bits per heavy atom. The molecule has 0 atom stereocenters. The minimum atomic E-state index is -0.630. The maximum atomic E-state index is 9.87. The second-order valence-electron chi connectivity index (χ2n) is 3.94. The number of ether oxygens (including phenoxy) is 1. The molecule has 0 amide bonds. The number of nitrogens with zero attached hydrogens (tertiary/aromatic N) is 3. The molecule has 7 nitrogen and oxygen atoms in total. The first kappa shape index (κ1) is 10.9. The molecular weight excluding hydrogens is 210 g/mol. The van der Waals surface area contributed by atoms with Crippen LogP contribution in [-0.2, 0) is 0 Å². The van der Waals surface area contributed by atoms with Crippen molar-refractivity contribution in [3.8, 4) is 6.01 Å². The summed E-state index contributed by atoms with van der Waals surface area (Å²) in [6.45, 7) is 0.416. The molecule has 0 spiro atoms. The third-order valence-corrected chi connectivity index (χ3v) is 2.67. The monoisotopic (exact) mass is 225 g/mol. The van der Waals surface area contributed by atoms with Crippen molar-refractivity contribution < 1.29 is 9.84 Å². The highest BCUT2D eigenvalue weighted by atomic mass is 16.5. The summed E-state index contributed by atoms with van der Waals surface area (Å²) in [6.07, 6.45) is 2.66. The van der Waals surface area contributed by atoms with Gasteiger partial charge in [0.1, 0.15) is 0 Å². The zero-order valence-electron chi connectivity index (χ0n) is 9.10. The molecule has 0 radical (unpaired) electrons. The molecule has 1 aromatic rings. The van der Waals surface area contributed by atoms with Gasteiger partial charge in [0.05, 0.1) is 12.7 Å². The smallest absolute Gasteiger partial charge is 0.322 e. The summed E-state index contributed by atoms with van der Waals surface area (Å²) in [6, 6.07) is 0.163. The molecule has 0 bridgehead atoms. The number of aliphatic hydroxyl groups is 1. The van der Waals surface area contributed by atoms with Gasteiger partial charge in [0.2, 0.25) is 11.9 Å². The Labute approximate surface area is 93.1 Å². The van der Waals surface area contributed by atoms with Crippen molar-refractivity contribution in [1.82, 2.24) is 15.0 Å². The summed E-state index contributed by atoms with van der Waals surface area (Å²) < 4.78 is 4.86. The molecule has 1 saturated carbocycles. The van der Waals surface area contributed by atoms with Crippen molar-refractivity contribution in [2.24, 2.45) is 0 Å². The molecule has 4 N–H and O–H groups in total. The Hall–Kier alpha value is -1.63. The van der Waals surface area contributed by atoms with Gasteiger partial charge in [-0.2, -0.15) is 15.0 Å². The van der Waals surface area contributed by atoms with E-state index in [4.69, 9.17) is 10.5 Å². The van der Waals surface area contributed by atoms with Crippen molar-refractivity contribution in [3.05, 3.63) is 0 Å². The molecule has 1 heterocycles. The average Bonchev–Trinajstić information content (AvgIpc) is 2.23. The molecular formula is C9H15N5O2. The van der Waals surface area contributed by atoms with Gasteiger partial charge >= 0.3 is 6.01 Å². The van der Waals surface area contributed by atoms with Crippen molar-refractivity contribution in [1.29, 1.82) is 0 Å². The number of hydrogen-bond acceptors (Lipinski definition) is 7. The van der Waals surface area contributed by atoms with Crippen LogP contribution in [0.15, 0.2) is 0 Å². The maximum Gasteiger partial charge on any atom is 0.322 e. The molecule has 1 aliphatic rings. The molecule has 7 heteroatoms. The molecule has 0 saturated heterocycles. The first-order valence-corrected chi connectivity index (χ1v) is 5.13. The molecule has 1 aromatic heterocycles. The number of nitrogens with one attached hydrogen (secondary N) is 1. The lowest BCUT2D eigenvalue weighted by Crippen LogP contribution is -2.43. The fourth-order valence-electron chi connectivity index (χ4n) is 1.55. The molecule has 1 aliphatic carbocycles. The van der Waals surface area contributed by atoms with Crippen LogP contribution in [-0.4, -0.2) is 39.3 Å². The Morgan fingerprint density at radius 2 is 2.19 bits per heavy atom. The van der Waals surface area contributed by atoms with Gasteiger partial charge in [-0.1, -0.05) is 0 Å². The Balaban J connectivity index is 2.00. The first-order chi connectivity index (χ1) is 7.61. The molecule has 16 heavy (non-hydrogen) atoms. The second-order valence-corrected chi connectivity index (χ2v) is 3.94. The summed E-state index contributed by atoms with van der Waals surface area (Å²) in [5, 5.41) is 12.8. The van der Waals surface area contributed by atoms with Crippen molar-refractivity contribution in [2.75, 3.05) is 24.7 Å². The lowest BCUT2D eigenvalue weighted by Gasteiger charge is -2.36. The lowest BCUT2D eigenvalue weighted by molar-refractivity contribution is -0.0203. The van der Waals surface area contributed by atoms with Gasteiger partial charge in [0.25, 0.3) is 0 Å². The highest BCUT2D eigenvalue weighted by molar-refractivity contribution is 5.33. The number of nitrogens with two attached hydrogens (primary N) is 1. The Morgan fingerprint density at radius 1 is 1.44 bits per heavy atom. The number of hydrogen-bond donors (Lipinski definition) is 3. The molecule has 0 unspecified atom stereocenters. The number of aromatic nitrogens is 3. The second kappa shape index (κ2) is 4.09. The van der Waals surface area contributed by atoms with Crippen LogP contribution in [0, 0.1) is 0 Å². The van der Waals surface area contributed by atoms with Crippen LogP contribution in [0.25, 0.3) is 0 Å². The van der Waals surface area contributed by atoms with Crippen LogP contribution in [0.1, 0.15) is 19.3 Å². The summed E-state index contributed by atoms with van der Waals surface area (Å²) in [4.78, 5) is 11.6. The van der Waals surface area contributed by atoms with Gasteiger partial charge in [-0.05, 0) is 19.3 Å². The molecule has 2 rings (SSSR count). The number of nitrogen functional groups attached to an aromatic ring is 1. The van der Waals surface area contributed by atoms with Crippen LogP contribution in [0.2, 0.25) is 0 Å². The maximum absolute atomic E-state index is 9.87. The van der Waals surface area contributed by atoms with E-state index >= 15 is 0 Å². The molecule has 0 aromatic carbocycles. The van der Waals surface area contributed by atoms with Gasteiger partial charge in [-0.3, -0.25) is 0 Å². The quantitative estimate of drug-likeness (QED) is 0.650. The third-order valence-electron chi connectivity index (χ3n) is 2.67. The normalized spacial score (nSPS) is 17.6. The first-order valence-electron chi connectivity index (χ1n) is 5.13. The third kappa shape index (κ3) is 2.30. The molecule has 88 valence electrons. The van der Waals surface area contributed by atoms with E-state index in [0.717, 1.165) is 19.3 Å². The fraction of sp³-hybridized carbons (Fsp3) is 0.667. The number of anilines is 2. The van der Waals surface area contributed by atoms with E-state index in [9.17, 15) is 5.11 Å². The van der Waals surface area contributed by atoms with Gasteiger partial charge in [-0.25, -0.2) is 0 Å². The van der Waals surface area contributed by atoms with Crippen LogP contribution in [0.4, 0.5) is 11.9 Å². The largest absolute Gasteiger partial charge is 0.467 e. The SMILES string of the molecule is COc1nc(N)nc(NCC2(O)CCC2)n1. The highest BCUT2D eigenvalue weighted by Crippen LogP contribution is 2.31. The number of rotatable bonds is 4. The Bertz CT molecular complexity index is 380.